The summed E-state index contributed by atoms with van der Waals surface area (Å²) < 4.78 is 25.0. The van der Waals surface area contributed by atoms with Gasteiger partial charge in [0.05, 0.1) is 18.2 Å². The van der Waals surface area contributed by atoms with Crippen LogP contribution in [0.5, 0.6) is 0 Å². The molecule has 0 radical (unpaired) electrons. The molecule has 0 aliphatic carbocycles. The van der Waals surface area contributed by atoms with Gasteiger partial charge in [0.15, 0.2) is 0 Å². The van der Waals surface area contributed by atoms with E-state index in [1.807, 2.05) is 24.3 Å². The van der Waals surface area contributed by atoms with Crippen molar-refractivity contribution in [1.82, 2.24) is 0 Å². The van der Waals surface area contributed by atoms with Crippen LogP contribution in [0, 0.1) is 23.6 Å². The van der Waals surface area contributed by atoms with E-state index in [2.05, 4.69) is 18.8 Å². The average molecular weight is 387 g/mol. The number of benzene rings is 2. The molecule has 142 valence electrons. The molecule has 0 saturated carbocycles. The Bertz CT molecular complexity index is 799. The highest BCUT2D eigenvalue weighted by Crippen LogP contribution is 2.24. The summed E-state index contributed by atoms with van der Waals surface area (Å²) in [6.07, 6.45) is 4.42. The Kier molecular flexibility index (Phi) is 7.29. The molecular weight excluding hydrogens is 363 g/mol. The van der Waals surface area contributed by atoms with Crippen molar-refractivity contribution in [2.24, 2.45) is 5.92 Å². The Morgan fingerprint density at radius 1 is 1.04 bits per heavy atom. The lowest BCUT2D eigenvalue weighted by Crippen LogP contribution is -2.31. The van der Waals surface area contributed by atoms with Gasteiger partial charge >= 0.3 is 0 Å². The normalized spacial score (nSPS) is 19.4. The second kappa shape index (κ2) is 9.90. The maximum atomic E-state index is 13.6. The molecular formula is C23H24ClFO2. The SMILES string of the molecule is CCCCC[C@H]1CO[C@H](C#Cc2ccc(-c3ccc(Cl)c(F)c3)cc2)OC1. The predicted octanol–water partition coefficient (Wildman–Crippen LogP) is 6.07. The molecule has 2 aromatic carbocycles. The molecule has 0 N–H and O–H groups in total. The van der Waals surface area contributed by atoms with E-state index in [-0.39, 0.29) is 5.02 Å². The second-order valence-electron chi connectivity index (χ2n) is 6.84. The van der Waals surface area contributed by atoms with Gasteiger partial charge in [0.2, 0.25) is 6.29 Å². The summed E-state index contributed by atoms with van der Waals surface area (Å²) in [6.45, 7) is 3.63. The fraction of sp³-hybridized carbons (Fsp3) is 0.391. The van der Waals surface area contributed by atoms with Crippen LogP contribution in [0.2, 0.25) is 5.02 Å². The maximum absolute atomic E-state index is 13.6. The van der Waals surface area contributed by atoms with E-state index in [1.165, 1.54) is 25.3 Å². The van der Waals surface area contributed by atoms with Gasteiger partial charge in [-0.2, -0.15) is 0 Å². The third-order valence-corrected chi connectivity index (χ3v) is 4.96. The summed E-state index contributed by atoms with van der Waals surface area (Å²) in [5.41, 5.74) is 2.56. The molecule has 0 aromatic heterocycles. The number of ether oxygens (including phenoxy) is 2. The van der Waals surface area contributed by atoms with Crippen LogP contribution >= 0.6 is 11.6 Å². The first kappa shape index (κ1) is 19.9. The van der Waals surface area contributed by atoms with Gasteiger partial charge in [-0.05, 0) is 47.7 Å². The molecule has 2 nitrogen and oxygen atoms in total. The van der Waals surface area contributed by atoms with Crippen LogP contribution in [0.15, 0.2) is 42.5 Å². The highest BCUT2D eigenvalue weighted by atomic mass is 35.5. The summed E-state index contributed by atoms with van der Waals surface area (Å²) in [5, 5.41) is 0.126. The molecule has 1 aliphatic rings. The predicted molar refractivity (Wildman–Crippen MR) is 107 cm³/mol. The van der Waals surface area contributed by atoms with Crippen LogP contribution in [0.4, 0.5) is 4.39 Å². The van der Waals surface area contributed by atoms with Crippen molar-refractivity contribution < 1.29 is 13.9 Å². The van der Waals surface area contributed by atoms with Crippen LogP contribution in [0.1, 0.15) is 38.2 Å². The topological polar surface area (TPSA) is 18.5 Å². The zero-order chi connectivity index (χ0) is 19.1. The van der Waals surface area contributed by atoms with E-state index in [0.717, 1.165) is 23.1 Å². The van der Waals surface area contributed by atoms with Gasteiger partial charge in [-0.3, -0.25) is 0 Å². The van der Waals surface area contributed by atoms with Gasteiger partial charge in [0.1, 0.15) is 5.82 Å². The number of halogens is 2. The molecule has 27 heavy (non-hydrogen) atoms. The maximum Gasteiger partial charge on any atom is 0.222 e. The average Bonchev–Trinajstić information content (AvgIpc) is 2.70. The molecule has 0 bridgehead atoms. The van der Waals surface area contributed by atoms with Crippen molar-refractivity contribution in [3.63, 3.8) is 0 Å². The Morgan fingerprint density at radius 2 is 1.74 bits per heavy atom. The van der Waals surface area contributed by atoms with Gasteiger partial charge in [-0.25, -0.2) is 4.39 Å². The van der Waals surface area contributed by atoms with Gasteiger partial charge in [0, 0.05) is 11.5 Å². The summed E-state index contributed by atoms with van der Waals surface area (Å²) in [4.78, 5) is 0. The van der Waals surface area contributed by atoms with Crippen LogP contribution in [-0.4, -0.2) is 19.5 Å². The molecule has 0 unspecified atom stereocenters. The third-order valence-electron chi connectivity index (χ3n) is 4.65. The van der Waals surface area contributed by atoms with Crippen LogP contribution in [-0.2, 0) is 9.47 Å². The number of hydrogen-bond donors (Lipinski definition) is 0. The summed E-state index contributed by atoms with van der Waals surface area (Å²) in [5.74, 6) is 6.18. The molecule has 3 rings (SSSR count). The minimum Gasteiger partial charge on any atom is -0.342 e. The first-order valence-corrected chi connectivity index (χ1v) is 9.83. The zero-order valence-electron chi connectivity index (χ0n) is 15.5. The Balaban J connectivity index is 1.54. The van der Waals surface area contributed by atoms with Crippen LogP contribution in [0.3, 0.4) is 0 Å². The van der Waals surface area contributed by atoms with Gasteiger partial charge in [0.25, 0.3) is 0 Å². The molecule has 4 heteroatoms. The molecule has 1 fully saturated rings. The highest BCUT2D eigenvalue weighted by Gasteiger charge is 2.20. The number of hydrogen-bond acceptors (Lipinski definition) is 2. The van der Waals surface area contributed by atoms with Crippen LogP contribution < -0.4 is 0 Å². The minimum absolute atomic E-state index is 0.126. The van der Waals surface area contributed by atoms with Crippen molar-refractivity contribution in [3.05, 3.63) is 58.9 Å². The second-order valence-corrected chi connectivity index (χ2v) is 7.24. The van der Waals surface area contributed by atoms with Gasteiger partial charge < -0.3 is 9.47 Å². The third kappa shape index (κ3) is 5.81. The van der Waals surface area contributed by atoms with Crippen molar-refractivity contribution in [1.29, 1.82) is 0 Å². The Labute approximate surface area is 165 Å². The highest BCUT2D eigenvalue weighted by molar-refractivity contribution is 6.30. The van der Waals surface area contributed by atoms with E-state index >= 15 is 0 Å². The van der Waals surface area contributed by atoms with E-state index in [4.69, 9.17) is 21.1 Å². The Morgan fingerprint density at radius 3 is 2.41 bits per heavy atom. The minimum atomic E-state index is -0.461. The molecule has 0 spiro atoms. The molecule has 0 amide bonds. The van der Waals surface area contributed by atoms with Gasteiger partial charge in [-0.15, -0.1) is 0 Å². The Hall–Kier alpha value is -1.86. The molecule has 1 aliphatic heterocycles. The monoisotopic (exact) mass is 386 g/mol. The van der Waals surface area contributed by atoms with Crippen molar-refractivity contribution in [2.75, 3.05) is 13.2 Å². The first-order valence-electron chi connectivity index (χ1n) is 9.46. The first-order chi connectivity index (χ1) is 13.2. The zero-order valence-corrected chi connectivity index (χ0v) is 16.3. The molecule has 2 aromatic rings. The van der Waals surface area contributed by atoms with E-state index < -0.39 is 12.1 Å². The van der Waals surface area contributed by atoms with Crippen molar-refractivity contribution in [2.45, 2.75) is 38.9 Å². The van der Waals surface area contributed by atoms with Crippen molar-refractivity contribution >= 4 is 11.6 Å². The standard InChI is InChI=1S/C23H24ClFO2/c1-2-3-4-5-18-15-26-23(27-16-18)13-8-17-6-9-19(10-7-17)20-11-12-21(24)22(25)14-20/h6-7,9-12,14,18,23H,2-5,15-16H2,1H3/t18-,23-. The van der Waals surface area contributed by atoms with Crippen LogP contribution in [0.25, 0.3) is 11.1 Å². The van der Waals surface area contributed by atoms with Crippen molar-refractivity contribution in [3.8, 4) is 23.0 Å². The molecule has 0 atom stereocenters. The van der Waals surface area contributed by atoms with E-state index in [0.29, 0.717) is 19.1 Å². The quantitative estimate of drug-likeness (QED) is 0.458. The summed E-state index contributed by atoms with van der Waals surface area (Å²) >= 11 is 5.73. The lowest BCUT2D eigenvalue weighted by molar-refractivity contribution is -0.170. The fourth-order valence-corrected chi connectivity index (χ4v) is 3.16. The molecule has 1 saturated heterocycles. The van der Waals surface area contributed by atoms with Gasteiger partial charge in [-0.1, -0.05) is 61.9 Å². The lowest BCUT2D eigenvalue weighted by atomic mass is 10.0. The number of unbranched alkanes of at least 4 members (excludes halogenated alkanes) is 2. The number of rotatable bonds is 5. The van der Waals surface area contributed by atoms with E-state index in [1.54, 1.807) is 12.1 Å². The molecule has 1 heterocycles. The fourth-order valence-electron chi connectivity index (χ4n) is 3.04. The summed E-state index contributed by atoms with van der Waals surface area (Å²) in [7, 11) is 0. The van der Waals surface area contributed by atoms with E-state index in [9.17, 15) is 4.39 Å². The smallest absolute Gasteiger partial charge is 0.222 e. The lowest BCUT2D eigenvalue weighted by Gasteiger charge is -2.26. The summed E-state index contributed by atoms with van der Waals surface area (Å²) in [6, 6.07) is 12.4. The largest absolute Gasteiger partial charge is 0.342 e.